The molecule has 0 amide bonds. The highest BCUT2D eigenvalue weighted by Crippen LogP contribution is 2.25. The number of aryl methyl sites for hydroxylation is 1. The van der Waals surface area contributed by atoms with Crippen LogP contribution in [-0.4, -0.2) is 15.6 Å². The second-order valence-electron chi connectivity index (χ2n) is 4.47. The van der Waals surface area contributed by atoms with Gasteiger partial charge in [0.25, 0.3) is 0 Å². The van der Waals surface area contributed by atoms with Crippen LogP contribution in [0, 0.1) is 12.7 Å². The average Bonchev–Trinajstić information content (AvgIpc) is 2.58. The molecule has 0 fully saturated rings. The fourth-order valence-corrected chi connectivity index (χ4v) is 1.98. The lowest BCUT2D eigenvalue weighted by molar-refractivity contribution is 0.627. The van der Waals surface area contributed by atoms with Crippen LogP contribution < -0.4 is 5.32 Å². The molecule has 0 unspecified atom stereocenters. The SMILES string of the molecule is Cc1cn(-c2ccc(F)cc2Cl)c(NC(C)C)n1. The lowest BCUT2D eigenvalue weighted by atomic mass is 10.3. The normalized spacial score (nSPS) is 11.0. The van der Waals surface area contributed by atoms with Gasteiger partial charge in [-0.2, -0.15) is 0 Å². The summed E-state index contributed by atoms with van der Waals surface area (Å²) in [5.41, 5.74) is 1.58. The first-order valence-corrected chi connectivity index (χ1v) is 6.13. The molecule has 0 bridgehead atoms. The summed E-state index contributed by atoms with van der Waals surface area (Å²) in [5.74, 6) is 0.356. The molecule has 1 aromatic heterocycles. The Morgan fingerprint density at radius 2 is 2.11 bits per heavy atom. The highest BCUT2D eigenvalue weighted by atomic mass is 35.5. The monoisotopic (exact) mass is 267 g/mol. The van der Waals surface area contributed by atoms with Crippen molar-refractivity contribution in [2.24, 2.45) is 0 Å². The first-order valence-electron chi connectivity index (χ1n) is 5.75. The van der Waals surface area contributed by atoms with E-state index in [1.165, 1.54) is 12.1 Å². The molecule has 2 rings (SSSR count). The van der Waals surface area contributed by atoms with Crippen LogP contribution >= 0.6 is 11.6 Å². The third kappa shape index (κ3) is 2.64. The van der Waals surface area contributed by atoms with E-state index in [2.05, 4.69) is 10.3 Å². The van der Waals surface area contributed by atoms with Gasteiger partial charge in [0.2, 0.25) is 5.95 Å². The number of nitrogens with zero attached hydrogens (tertiary/aromatic N) is 2. The van der Waals surface area contributed by atoms with Crippen molar-refractivity contribution in [3.63, 3.8) is 0 Å². The third-order valence-corrected chi connectivity index (χ3v) is 2.72. The van der Waals surface area contributed by atoms with Gasteiger partial charge in [-0.05, 0) is 39.0 Å². The fraction of sp³-hybridized carbons (Fsp3) is 0.308. The van der Waals surface area contributed by atoms with E-state index in [1.54, 1.807) is 6.07 Å². The smallest absolute Gasteiger partial charge is 0.207 e. The molecule has 0 saturated carbocycles. The molecule has 5 heteroatoms. The van der Waals surface area contributed by atoms with Crippen LogP contribution in [0.3, 0.4) is 0 Å². The second-order valence-corrected chi connectivity index (χ2v) is 4.88. The lowest BCUT2D eigenvalue weighted by Gasteiger charge is -2.13. The Morgan fingerprint density at radius 3 is 2.72 bits per heavy atom. The van der Waals surface area contributed by atoms with E-state index >= 15 is 0 Å². The number of nitrogens with one attached hydrogen (secondary N) is 1. The van der Waals surface area contributed by atoms with Gasteiger partial charge in [-0.15, -0.1) is 0 Å². The predicted octanol–water partition coefficient (Wildman–Crippen LogP) is 3.79. The number of hydrogen-bond acceptors (Lipinski definition) is 2. The predicted molar refractivity (Wildman–Crippen MR) is 72.0 cm³/mol. The Bertz CT molecular complexity index is 563. The van der Waals surface area contributed by atoms with Crippen molar-refractivity contribution in [3.05, 3.63) is 40.9 Å². The molecule has 1 aromatic carbocycles. The maximum atomic E-state index is 13.1. The lowest BCUT2D eigenvalue weighted by Crippen LogP contribution is -2.14. The van der Waals surface area contributed by atoms with Crippen LogP contribution in [0.15, 0.2) is 24.4 Å². The van der Waals surface area contributed by atoms with Crippen molar-refractivity contribution in [1.82, 2.24) is 9.55 Å². The maximum absolute atomic E-state index is 13.1. The van der Waals surface area contributed by atoms with Gasteiger partial charge in [0.1, 0.15) is 5.82 Å². The zero-order valence-corrected chi connectivity index (χ0v) is 11.3. The molecule has 0 aliphatic rings. The molecular weight excluding hydrogens is 253 g/mol. The fourth-order valence-electron chi connectivity index (χ4n) is 1.72. The van der Waals surface area contributed by atoms with E-state index < -0.39 is 0 Å². The van der Waals surface area contributed by atoms with E-state index in [-0.39, 0.29) is 11.9 Å². The Morgan fingerprint density at radius 1 is 1.39 bits per heavy atom. The highest BCUT2D eigenvalue weighted by molar-refractivity contribution is 6.32. The minimum atomic E-state index is -0.348. The van der Waals surface area contributed by atoms with Crippen LogP contribution in [0.5, 0.6) is 0 Å². The van der Waals surface area contributed by atoms with Gasteiger partial charge in [-0.1, -0.05) is 11.6 Å². The number of hydrogen-bond donors (Lipinski definition) is 1. The Balaban J connectivity index is 2.49. The van der Waals surface area contributed by atoms with Crippen LogP contribution in [0.4, 0.5) is 10.3 Å². The summed E-state index contributed by atoms with van der Waals surface area (Å²) in [6.45, 7) is 5.96. The topological polar surface area (TPSA) is 29.9 Å². The number of aromatic nitrogens is 2. The molecule has 2 aromatic rings. The van der Waals surface area contributed by atoms with Gasteiger partial charge in [0, 0.05) is 12.2 Å². The van der Waals surface area contributed by atoms with Crippen molar-refractivity contribution in [2.45, 2.75) is 26.8 Å². The number of rotatable bonds is 3. The standard InChI is InChI=1S/C13H15ClFN3/c1-8(2)16-13-17-9(3)7-18(13)12-5-4-10(15)6-11(12)14/h4-8H,1-3H3,(H,16,17). The molecular formula is C13H15ClFN3. The Labute approximate surface area is 111 Å². The molecule has 3 nitrogen and oxygen atoms in total. The van der Waals surface area contributed by atoms with Crippen LogP contribution in [-0.2, 0) is 0 Å². The first kappa shape index (κ1) is 12.9. The maximum Gasteiger partial charge on any atom is 0.207 e. The van der Waals surface area contributed by atoms with Crippen molar-refractivity contribution in [1.29, 1.82) is 0 Å². The second kappa shape index (κ2) is 4.98. The van der Waals surface area contributed by atoms with Crippen molar-refractivity contribution < 1.29 is 4.39 Å². The molecule has 1 N–H and O–H groups in total. The summed E-state index contributed by atoms with van der Waals surface area (Å²) in [6, 6.07) is 4.58. The number of imidazole rings is 1. The molecule has 0 atom stereocenters. The molecule has 0 radical (unpaired) electrons. The Hall–Kier alpha value is -1.55. The van der Waals surface area contributed by atoms with Crippen molar-refractivity contribution in [2.75, 3.05) is 5.32 Å². The summed E-state index contributed by atoms with van der Waals surface area (Å²) in [7, 11) is 0. The van der Waals surface area contributed by atoms with Crippen molar-refractivity contribution in [3.8, 4) is 5.69 Å². The summed E-state index contributed by atoms with van der Waals surface area (Å²) in [6.07, 6.45) is 1.86. The molecule has 1 heterocycles. The van der Waals surface area contributed by atoms with E-state index in [0.717, 1.165) is 5.69 Å². The molecule has 0 saturated heterocycles. The molecule has 96 valence electrons. The molecule has 0 spiro atoms. The van der Waals surface area contributed by atoms with E-state index in [0.29, 0.717) is 16.7 Å². The van der Waals surface area contributed by atoms with Gasteiger partial charge in [0.05, 0.1) is 16.4 Å². The van der Waals surface area contributed by atoms with E-state index in [1.807, 2.05) is 31.5 Å². The minimum Gasteiger partial charge on any atom is -0.353 e. The van der Waals surface area contributed by atoms with Crippen LogP contribution in [0.2, 0.25) is 5.02 Å². The number of halogens is 2. The number of benzene rings is 1. The van der Waals surface area contributed by atoms with Gasteiger partial charge < -0.3 is 5.32 Å². The van der Waals surface area contributed by atoms with Gasteiger partial charge in [-0.3, -0.25) is 4.57 Å². The largest absolute Gasteiger partial charge is 0.353 e. The van der Waals surface area contributed by atoms with Gasteiger partial charge in [0.15, 0.2) is 0 Å². The van der Waals surface area contributed by atoms with Crippen LogP contribution in [0.25, 0.3) is 5.69 Å². The minimum absolute atomic E-state index is 0.254. The quantitative estimate of drug-likeness (QED) is 0.917. The van der Waals surface area contributed by atoms with Gasteiger partial charge >= 0.3 is 0 Å². The zero-order chi connectivity index (χ0) is 13.3. The average molecular weight is 268 g/mol. The number of anilines is 1. The van der Waals surface area contributed by atoms with Crippen LogP contribution in [0.1, 0.15) is 19.5 Å². The van der Waals surface area contributed by atoms with Crippen molar-refractivity contribution >= 4 is 17.5 Å². The van der Waals surface area contributed by atoms with E-state index in [9.17, 15) is 4.39 Å². The highest BCUT2D eigenvalue weighted by Gasteiger charge is 2.11. The summed E-state index contributed by atoms with van der Waals surface area (Å²) in [5, 5.41) is 3.59. The summed E-state index contributed by atoms with van der Waals surface area (Å²) in [4.78, 5) is 4.39. The first-order chi connectivity index (χ1) is 8.47. The summed E-state index contributed by atoms with van der Waals surface area (Å²) >= 11 is 6.07. The summed E-state index contributed by atoms with van der Waals surface area (Å²) < 4.78 is 14.9. The molecule has 0 aliphatic heterocycles. The zero-order valence-electron chi connectivity index (χ0n) is 10.5. The van der Waals surface area contributed by atoms with Gasteiger partial charge in [-0.25, -0.2) is 9.37 Å². The van der Waals surface area contributed by atoms with E-state index in [4.69, 9.17) is 11.6 Å². The molecule has 0 aliphatic carbocycles. The molecule has 18 heavy (non-hydrogen) atoms. The Kier molecular flexibility index (Phi) is 3.57. The third-order valence-electron chi connectivity index (χ3n) is 2.41.